The molecule has 3 aromatic rings. The Balaban J connectivity index is 1.45. The van der Waals surface area contributed by atoms with E-state index < -0.39 is 17.6 Å². The number of rotatable bonds is 6. The van der Waals surface area contributed by atoms with Gasteiger partial charge in [0.15, 0.2) is 0 Å². The van der Waals surface area contributed by atoms with Crippen LogP contribution < -0.4 is 10.2 Å². The summed E-state index contributed by atoms with van der Waals surface area (Å²) in [5.41, 5.74) is 0.664. The molecule has 1 aliphatic rings. The maximum absolute atomic E-state index is 13.2. The van der Waals surface area contributed by atoms with E-state index >= 15 is 0 Å². The molecule has 11 heteroatoms. The first kappa shape index (κ1) is 22.2. The zero-order chi connectivity index (χ0) is 22.6. The molecule has 0 unspecified atom stereocenters. The van der Waals surface area contributed by atoms with Crippen molar-refractivity contribution in [3.63, 3.8) is 0 Å². The summed E-state index contributed by atoms with van der Waals surface area (Å²) in [5, 5.41) is 7.33. The van der Waals surface area contributed by atoms with Crippen molar-refractivity contribution in [2.75, 3.05) is 42.3 Å². The lowest BCUT2D eigenvalue weighted by atomic mass is 10.1. The molecule has 0 bridgehead atoms. The minimum Gasteiger partial charge on any atom is -0.378 e. The van der Waals surface area contributed by atoms with Gasteiger partial charge in [-0.15, -0.1) is 5.10 Å². The lowest BCUT2D eigenvalue weighted by Gasteiger charge is -2.31. The molecule has 1 saturated heterocycles. The van der Waals surface area contributed by atoms with Crippen LogP contribution in [0.4, 0.5) is 24.5 Å². The Labute approximate surface area is 186 Å². The first-order chi connectivity index (χ1) is 15.4. The third-order valence-corrected chi connectivity index (χ3v) is 5.63. The third-order valence-electron chi connectivity index (χ3n) is 4.77. The molecule has 0 radical (unpaired) electrons. The number of nitrogens with zero attached hydrogens (tertiary/aromatic N) is 4. The fraction of sp³-hybridized carbons (Fsp3) is 0.286. The molecule has 1 fully saturated rings. The van der Waals surface area contributed by atoms with E-state index in [0.29, 0.717) is 37.1 Å². The molecule has 2 aromatic carbocycles. The molecule has 1 aromatic heterocycles. The van der Waals surface area contributed by atoms with Gasteiger partial charge in [-0.25, -0.2) is 9.67 Å². The molecule has 2 heterocycles. The van der Waals surface area contributed by atoms with E-state index in [9.17, 15) is 18.0 Å². The Kier molecular flexibility index (Phi) is 6.66. The van der Waals surface area contributed by atoms with E-state index in [-0.39, 0.29) is 11.4 Å². The number of halogens is 3. The number of ether oxygens (including phenoxy) is 1. The molecule has 0 atom stereocenters. The number of morpholine rings is 1. The molecule has 0 saturated carbocycles. The zero-order valence-corrected chi connectivity index (χ0v) is 17.7. The summed E-state index contributed by atoms with van der Waals surface area (Å²) in [7, 11) is 0. The summed E-state index contributed by atoms with van der Waals surface area (Å²) >= 11 is 1.10. The summed E-state index contributed by atoms with van der Waals surface area (Å²) in [6, 6.07) is 12.8. The average Bonchev–Trinajstić information content (AvgIpc) is 3.27. The number of carbonyl (C=O) groups excluding carboxylic acids is 1. The van der Waals surface area contributed by atoms with Gasteiger partial charge in [-0.1, -0.05) is 30.0 Å². The largest absolute Gasteiger partial charge is 0.416 e. The van der Waals surface area contributed by atoms with Crippen LogP contribution in [0.15, 0.2) is 60.0 Å². The highest BCUT2D eigenvalue weighted by atomic mass is 32.2. The monoisotopic (exact) mass is 463 g/mol. The van der Waals surface area contributed by atoms with Gasteiger partial charge >= 0.3 is 6.18 Å². The van der Waals surface area contributed by atoms with E-state index in [4.69, 9.17) is 4.74 Å². The molecule has 32 heavy (non-hydrogen) atoms. The van der Waals surface area contributed by atoms with Gasteiger partial charge < -0.3 is 15.0 Å². The van der Waals surface area contributed by atoms with Crippen molar-refractivity contribution in [2.24, 2.45) is 0 Å². The van der Waals surface area contributed by atoms with E-state index in [1.807, 2.05) is 35.2 Å². The summed E-state index contributed by atoms with van der Waals surface area (Å²) in [4.78, 5) is 18.6. The second-order valence-corrected chi connectivity index (χ2v) is 7.92. The van der Waals surface area contributed by atoms with Crippen LogP contribution in [0.1, 0.15) is 5.56 Å². The molecule has 0 aliphatic carbocycles. The maximum Gasteiger partial charge on any atom is 0.416 e. The number of anilines is 2. The predicted octanol–water partition coefficient (Wildman–Crippen LogP) is 3.85. The molecule has 4 rings (SSSR count). The quantitative estimate of drug-likeness (QED) is 0.560. The van der Waals surface area contributed by atoms with Crippen LogP contribution in [0.2, 0.25) is 0 Å². The predicted molar refractivity (Wildman–Crippen MR) is 115 cm³/mol. The van der Waals surface area contributed by atoms with Gasteiger partial charge in [0.05, 0.1) is 41.6 Å². The Morgan fingerprint density at radius 3 is 2.59 bits per heavy atom. The van der Waals surface area contributed by atoms with Gasteiger partial charge in [-0.3, -0.25) is 4.79 Å². The summed E-state index contributed by atoms with van der Waals surface area (Å²) < 4.78 is 46.6. The zero-order valence-electron chi connectivity index (χ0n) is 16.9. The standard InChI is InChI=1S/C21H20F3N5O2S/c22-21(23,24)15-6-7-18(28-8-10-31-11-9-28)17(12-15)26-19(30)13-32-20-25-14-29(27-20)16-4-2-1-3-5-16/h1-7,12,14H,8-11,13H2,(H,26,30). The van der Waals surface area contributed by atoms with Crippen LogP contribution in [0, 0.1) is 0 Å². The highest BCUT2D eigenvalue weighted by molar-refractivity contribution is 7.99. The summed E-state index contributed by atoms with van der Waals surface area (Å²) in [6.07, 6.45) is -2.97. The topological polar surface area (TPSA) is 72.3 Å². The molecule has 1 N–H and O–H groups in total. The van der Waals surface area contributed by atoms with Crippen molar-refractivity contribution in [1.82, 2.24) is 14.8 Å². The fourth-order valence-electron chi connectivity index (χ4n) is 3.23. The highest BCUT2D eigenvalue weighted by Crippen LogP contribution is 2.36. The molecular formula is C21H20F3N5O2S. The molecule has 0 spiro atoms. The molecule has 1 aliphatic heterocycles. The van der Waals surface area contributed by atoms with Gasteiger partial charge in [-0.05, 0) is 30.3 Å². The molecular weight excluding hydrogens is 443 g/mol. The van der Waals surface area contributed by atoms with Gasteiger partial charge in [0.1, 0.15) is 6.33 Å². The number of hydrogen-bond donors (Lipinski definition) is 1. The number of hydrogen-bond acceptors (Lipinski definition) is 6. The molecule has 1 amide bonds. The Morgan fingerprint density at radius 2 is 1.88 bits per heavy atom. The van der Waals surface area contributed by atoms with Crippen molar-refractivity contribution in [3.05, 3.63) is 60.4 Å². The van der Waals surface area contributed by atoms with E-state index in [0.717, 1.165) is 29.6 Å². The number of thioether (sulfide) groups is 1. The second-order valence-electron chi connectivity index (χ2n) is 6.97. The third kappa shape index (κ3) is 5.40. The number of aromatic nitrogens is 3. The second kappa shape index (κ2) is 9.61. The van der Waals surface area contributed by atoms with E-state index in [2.05, 4.69) is 15.4 Å². The lowest BCUT2D eigenvalue weighted by Crippen LogP contribution is -2.37. The highest BCUT2D eigenvalue weighted by Gasteiger charge is 2.32. The number of nitrogens with one attached hydrogen (secondary N) is 1. The average molecular weight is 463 g/mol. The summed E-state index contributed by atoms with van der Waals surface area (Å²) in [5.74, 6) is -0.489. The normalized spacial score (nSPS) is 14.4. The van der Waals surface area contributed by atoms with Gasteiger partial charge in [-0.2, -0.15) is 13.2 Å². The van der Waals surface area contributed by atoms with Crippen LogP contribution in [0.3, 0.4) is 0 Å². The minimum atomic E-state index is -4.51. The van der Waals surface area contributed by atoms with Crippen LogP contribution in [0.25, 0.3) is 5.69 Å². The smallest absolute Gasteiger partial charge is 0.378 e. The number of amides is 1. The number of carbonyl (C=O) groups is 1. The van der Waals surface area contributed by atoms with Crippen LogP contribution in [-0.2, 0) is 15.7 Å². The van der Waals surface area contributed by atoms with Crippen molar-refractivity contribution >= 4 is 29.0 Å². The first-order valence-corrected chi connectivity index (χ1v) is 10.8. The number of benzene rings is 2. The lowest BCUT2D eigenvalue weighted by molar-refractivity contribution is -0.137. The van der Waals surface area contributed by atoms with Crippen molar-refractivity contribution in [3.8, 4) is 5.69 Å². The van der Waals surface area contributed by atoms with E-state index in [1.54, 1.807) is 11.0 Å². The van der Waals surface area contributed by atoms with Crippen molar-refractivity contribution < 1.29 is 22.7 Å². The SMILES string of the molecule is O=C(CSc1ncn(-c2ccccc2)n1)Nc1cc(C(F)(F)F)ccc1N1CCOCC1. The van der Waals surface area contributed by atoms with E-state index in [1.165, 1.54) is 6.07 Å². The maximum atomic E-state index is 13.2. The molecule has 7 nitrogen and oxygen atoms in total. The summed E-state index contributed by atoms with van der Waals surface area (Å²) in [6.45, 7) is 2.01. The first-order valence-electron chi connectivity index (χ1n) is 9.84. The minimum absolute atomic E-state index is 0.0440. The van der Waals surface area contributed by atoms with Gasteiger partial charge in [0.25, 0.3) is 0 Å². The Bertz CT molecular complexity index is 1070. The van der Waals surface area contributed by atoms with Crippen molar-refractivity contribution in [1.29, 1.82) is 0 Å². The van der Waals surface area contributed by atoms with Crippen LogP contribution in [-0.4, -0.2) is 52.7 Å². The van der Waals surface area contributed by atoms with Crippen molar-refractivity contribution in [2.45, 2.75) is 11.3 Å². The number of alkyl halides is 3. The van der Waals surface area contributed by atoms with Gasteiger partial charge in [0.2, 0.25) is 11.1 Å². The number of para-hydroxylation sites is 1. The van der Waals surface area contributed by atoms with Gasteiger partial charge in [0, 0.05) is 13.1 Å². The Morgan fingerprint density at radius 1 is 1.12 bits per heavy atom. The van der Waals surface area contributed by atoms with Crippen LogP contribution >= 0.6 is 11.8 Å². The fourth-order valence-corrected chi connectivity index (χ4v) is 3.83. The molecule has 168 valence electrons. The van der Waals surface area contributed by atoms with Crippen LogP contribution in [0.5, 0.6) is 0 Å². The Hall–Kier alpha value is -3.05.